The standard InChI is InChI=1S/C26H21N5O3S/c1-35(32,33)31-21-14-19(16-28-17-21)18-2-7-25-24(15-18)26(10-13-29-25)30-20-3-5-22(6-4-20)34-23-8-11-27-12-9-23/h2-17,31H,1H3,(H,29,30). The van der Waals surface area contributed by atoms with E-state index in [0.29, 0.717) is 5.69 Å². The van der Waals surface area contributed by atoms with Gasteiger partial charge in [0.15, 0.2) is 0 Å². The Morgan fingerprint density at radius 2 is 1.51 bits per heavy atom. The zero-order chi connectivity index (χ0) is 24.3. The first-order valence-electron chi connectivity index (χ1n) is 10.7. The number of pyridine rings is 3. The molecule has 5 rings (SSSR count). The molecule has 3 aromatic heterocycles. The Labute approximate surface area is 202 Å². The predicted molar refractivity (Wildman–Crippen MR) is 137 cm³/mol. The first kappa shape index (κ1) is 22.3. The van der Waals surface area contributed by atoms with Gasteiger partial charge in [0.1, 0.15) is 11.5 Å². The van der Waals surface area contributed by atoms with Crippen LogP contribution in [-0.4, -0.2) is 29.6 Å². The first-order valence-corrected chi connectivity index (χ1v) is 12.6. The van der Waals surface area contributed by atoms with Crippen molar-refractivity contribution in [3.8, 4) is 22.6 Å². The Kier molecular flexibility index (Phi) is 5.99. The average Bonchev–Trinajstić information content (AvgIpc) is 2.85. The number of rotatable bonds is 7. The molecular weight excluding hydrogens is 462 g/mol. The van der Waals surface area contributed by atoms with E-state index in [4.69, 9.17) is 4.74 Å². The largest absolute Gasteiger partial charge is 0.457 e. The van der Waals surface area contributed by atoms with Crippen molar-refractivity contribution in [3.05, 3.63) is 97.7 Å². The zero-order valence-corrected chi connectivity index (χ0v) is 19.5. The summed E-state index contributed by atoms with van der Waals surface area (Å²) in [4.78, 5) is 12.6. The number of nitrogens with zero attached hydrogens (tertiary/aromatic N) is 3. The van der Waals surface area contributed by atoms with Gasteiger partial charge < -0.3 is 10.1 Å². The van der Waals surface area contributed by atoms with Crippen LogP contribution in [0, 0.1) is 0 Å². The molecule has 8 nitrogen and oxygen atoms in total. The SMILES string of the molecule is CS(=O)(=O)Nc1cncc(-c2ccc3nccc(Nc4ccc(Oc5ccncc5)cc4)c3c2)c1. The molecule has 0 saturated carbocycles. The molecule has 3 heterocycles. The summed E-state index contributed by atoms with van der Waals surface area (Å²) in [5.74, 6) is 1.44. The summed E-state index contributed by atoms with van der Waals surface area (Å²) in [6.45, 7) is 0. The van der Waals surface area contributed by atoms with E-state index in [2.05, 4.69) is 25.0 Å². The van der Waals surface area contributed by atoms with E-state index in [-0.39, 0.29) is 0 Å². The summed E-state index contributed by atoms with van der Waals surface area (Å²) >= 11 is 0. The van der Waals surface area contributed by atoms with Gasteiger partial charge in [-0.2, -0.15) is 0 Å². The Hall–Kier alpha value is -4.50. The molecule has 35 heavy (non-hydrogen) atoms. The Bertz CT molecular complexity index is 1590. The van der Waals surface area contributed by atoms with Gasteiger partial charge in [-0.25, -0.2) is 8.42 Å². The van der Waals surface area contributed by atoms with Crippen LogP contribution in [0.2, 0.25) is 0 Å². The van der Waals surface area contributed by atoms with Crippen molar-refractivity contribution in [1.29, 1.82) is 0 Å². The Morgan fingerprint density at radius 1 is 0.743 bits per heavy atom. The summed E-state index contributed by atoms with van der Waals surface area (Å²) in [7, 11) is -3.39. The number of hydrogen-bond donors (Lipinski definition) is 2. The molecule has 2 N–H and O–H groups in total. The zero-order valence-electron chi connectivity index (χ0n) is 18.7. The van der Waals surface area contributed by atoms with Gasteiger partial charge >= 0.3 is 0 Å². The summed E-state index contributed by atoms with van der Waals surface area (Å²) < 4.78 is 31.5. The van der Waals surface area contributed by atoms with Gasteiger partial charge in [0.25, 0.3) is 0 Å². The lowest BCUT2D eigenvalue weighted by molar-refractivity contribution is 0.482. The van der Waals surface area contributed by atoms with E-state index in [1.165, 1.54) is 6.20 Å². The fourth-order valence-corrected chi connectivity index (χ4v) is 4.15. The minimum atomic E-state index is -3.39. The van der Waals surface area contributed by atoms with Crippen LogP contribution < -0.4 is 14.8 Å². The summed E-state index contributed by atoms with van der Waals surface area (Å²) in [5.41, 5.74) is 4.69. The number of anilines is 3. The van der Waals surface area contributed by atoms with Gasteiger partial charge in [-0.1, -0.05) is 6.07 Å². The van der Waals surface area contributed by atoms with E-state index in [1.807, 2.05) is 48.5 Å². The molecule has 5 aromatic rings. The van der Waals surface area contributed by atoms with Crippen molar-refractivity contribution < 1.29 is 13.2 Å². The normalized spacial score (nSPS) is 11.2. The van der Waals surface area contributed by atoms with Crippen LogP contribution in [0.15, 0.2) is 97.7 Å². The summed E-state index contributed by atoms with van der Waals surface area (Å²) in [6.07, 6.45) is 9.40. The molecule has 0 aliphatic rings. The highest BCUT2D eigenvalue weighted by Gasteiger charge is 2.09. The molecule has 0 spiro atoms. The fraction of sp³-hybridized carbons (Fsp3) is 0.0385. The van der Waals surface area contributed by atoms with Gasteiger partial charge in [0.05, 0.1) is 23.7 Å². The highest BCUT2D eigenvalue weighted by Crippen LogP contribution is 2.31. The second-order valence-corrected chi connectivity index (χ2v) is 9.61. The molecule has 0 amide bonds. The maximum atomic E-state index is 11.6. The van der Waals surface area contributed by atoms with Crippen molar-refractivity contribution in [2.24, 2.45) is 0 Å². The average molecular weight is 484 g/mol. The van der Waals surface area contributed by atoms with Crippen LogP contribution in [0.4, 0.5) is 17.1 Å². The van der Waals surface area contributed by atoms with Crippen molar-refractivity contribution in [1.82, 2.24) is 15.0 Å². The quantitative estimate of drug-likeness (QED) is 0.310. The summed E-state index contributed by atoms with van der Waals surface area (Å²) in [6, 6.07) is 20.8. The second kappa shape index (κ2) is 9.40. The topological polar surface area (TPSA) is 106 Å². The number of aromatic nitrogens is 3. The van der Waals surface area contributed by atoms with Crippen molar-refractivity contribution in [2.75, 3.05) is 16.3 Å². The minimum Gasteiger partial charge on any atom is -0.457 e. The molecule has 0 unspecified atom stereocenters. The van der Waals surface area contributed by atoms with Crippen LogP contribution in [-0.2, 0) is 10.0 Å². The number of fused-ring (bicyclic) bond motifs is 1. The van der Waals surface area contributed by atoms with Crippen LogP contribution in [0.5, 0.6) is 11.5 Å². The van der Waals surface area contributed by atoms with Gasteiger partial charge in [0.2, 0.25) is 10.0 Å². The molecule has 174 valence electrons. The lowest BCUT2D eigenvalue weighted by Gasteiger charge is -2.12. The Balaban J connectivity index is 1.41. The third-order valence-electron chi connectivity index (χ3n) is 5.14. The maximum Gasteiger partial charge on any atom is 0.229 e. The van der Waals surface area contributed by atoms with Crippen molar-refractivity contribution in [2.45, 2.75) is 0 Å². The third-order valence-corrected chi connectivity index (χ3v) is 5.74. The minimum absolute atomic E-state index is 0.406. The second-order valence-electron chi connectivity index (χ2n) is 7.86. The van der Waals surface area contributed by atoms with Crippen molar-refractivity contribution >= 4 is 38.0 Å². The van der Waals surface area contributed by atoms with Gasteiger partial charge in [-0.05, 0) is 66.2 Å². The predicted octanol–water partition coefficient (Wildman–Crippen LogP) is 5.60. The van der Waals surface area contributed by atoms with Crippen LogP contribution in [0.25, 0.3) is 22.0 Å². The van der Waals surface area contributed by atoms with E-state index in [1.54, 1.807) is 43.0 Å². The molecular formula is C26H21N5O3S. The van der Waals surface area contributed by atoms with Crippen LogP contribution in [0.1, 0.15) is 0 Å². The molecule has 2 aromatic carbocycles. The van der Waals surface area contributed by atoms with Crippen LogP contribution in [0.3, 0.4) is 0 Å². The molecule has 0 radical (unpaired) electrons. The number of ether oxygens (including phenoxy) is 1. The number of sulfonamides is 1. The molecule has 0 aliphatic carbocycles. The molecule has 0 aliphatic heterocycles. The third kappa shape index (κ3) is 5.53. The molecule has 0 bridgehead atoms. The van der Waals surface area contributed by atoms with E-state index in [9.17, 15) is 8.42 Å². The molecule has 0 saturated heterocycles. The smallest absolute Gasteiger partial charge is 0.229 e. The number of benzene rings is 2. The lowest BCUT2D eigenvalue weighted by atomic mass is 10.0. The number of hydrogen-bond acceptors (Lipinski definition) is 7. The number of nitrogens with one attached hydrogen (secondary N) is 2. The fourth-order valence-electron chi connectivity index (χ4n) is 3.61. The summed E-state index contributed by atoms with van der Waals surface area (Å²) in [5, 5.41) is 4.37. The molecule has 0 atom stereocenters. The lowest BCUT2D eigenvalue weighted by Crippen LogP contribution is -2.09. The van der Waals surface area contributed by atoms with E-state index in [0.717, 1.165) is 51.2 Å². The van der Waals surface area contributed by atoms with E-state index < -0.39 is 10.0 Å². The van der Waals surface area contributed by atoms with Crippen molar-refractivity contribution in [3.63, 3.8) is 0 Å². The highest BCUT2D eigenvalue weighted by molar-refractivity contribution is 7.92. The van der Waals surface area contributed by atoms with Gasteiger partial charge in [-0.3, -0.25) is 19.7 Å². The molecule has 9 heteroatoms. The highest BCUT2D eigenvalue weighted by atomic mass is 32.2. The van der Waals surface area contributed by atoms with Gasteiger partial charge in [0, 0.05) is 47.1 Å². The molecule has 0 fully saturated rings. The maximum absolute atomic E-state index is 11.6. The van der Waals surface area contributed by atoms with Crippen LogP contribution >= 0.6 is 0 Å². The monoisotopic (exact) mass is 483 g/mol. The Morgan fingerprint density at radius 3 is 2.29 bits per heavy atom. The van der Waals surface area contributed by atoms with Gasteiger partial charge in [-0.15, -0.1) is 0 Å². The first-order chi connectivity index (χ1) is 16.9. The van der Waals surface area contributed by atoms with E-state index >= 15 is 0 Å².